The molecule has 2 fully saturated rings. The summed E-state index contributed by atoms with van der Waals surface area (Å²) in [6.07, 6.45) is 0.673. The average molecular weight is 327 g/mol. The van der Waals surface area contributed by atoms with Crippen LogP contribution >= 0.6 is 11.6 Å². The van der Waals surface area contributed by atoms with E-state index in [1.54, 1.807) is 0 Å². The lowest BCUT2D eigenvalue weighted by Gasteiger charge is -2.40. The van der Waals surface area contributed by atoms with Gasteiger partial charge in [0.2, 0.25) is 0 Å². The maximum absolute atomic E-state index is 14.5. The molecular formula is C16H20ClFN2O2. The summed E-state index contributed by atoms with van der Waals surface area (Å²) in [4.78, 5) is 13.9. The van der Waals surface area contributed by atoms with Crippen molar-refractivity contribution in [2.45, 2.75) is 50.2 Å². The topological polar surface area (TPSA) is 41.6 Å². The molecule has 2 aliphatic heterocycles. The second-order valence-electron chi connectivity index (χ2n) is 5.92. The second kappa shape index (κ2) is 6.84. The van der Waals surface area contributed by atoms with Crippen molar-refractivity contribution < 1.29 is 13.9 Å². The first-order valence-corrected chi connectivity index (χ1v) is 8.15. The first-order valence-electron chi connectivity index (χ1n) is 7.62. The van der Waals surface area contributed by atoms with Crippen molar-refractivity contribution in [3.05, 3.63) is 35.9 Å². The number of hydrogen-bond donors (Lipinski definition) is 1. The summed E-state index contributed by atoms with van der Waals surface area (Å²) < 4.78 is 19.7. The number of hydrogen-bond acceptors (Lipinski definition) is 3. The summed E-state index contributed by atoms with van der Waals surface area (Å²) in [5.74, 6) is 0. The van der Waals surface area contributed by atoms with Crippen LogP contribution in [0.15, 0.2) is 30.3 Å². The van der Waals surface area contributed by atoms with Gasteiger partial charge in [0.1, 0.15) is 12.8 Å². The molecule has 4 nitrogen and oxygen atoms in total. The molecule has 4 atom stereocenters. The van der Waals surface area contributed by atoms with E-state index in [0.29, 0.717) is 12.4 Å². The van der Waals surface area contributed by atoms with Crippen molar-refractivity contribution >= 4 is 17.7 Å². The molecule has 2 heterocycles. The summed E-state index contributed by atoms with van der Waals surface area (Å²) in [6.45, 7) is 0.191. The van der Waals surface area contributed by atoms with E-state index in [0.717, 1.165) is 18.4 Å². The minimum atomic E-state index is -1.10. The molecule has 2 bridgehead atoms. The van der Waals surface area contributed by atoms with Gasteiger partial charge in [-0.2, -0.15) is 0 Å². The fourth-order valence-electron chi connectivity index (χ4n) is 3.49. The molecule has 2 aliphatic rings. The van der Waals surface area contributed by atoms with Crippen molar-refractivity contribution in [1.82, 2.24) is 10.2 Å². The zero-order chi connectivity index (χ0) is 15.5. The zero-order valence-corrected chi connectivity index (χ0v) is 13.0. The van der Waals surface area contributed by atoms with Gasteiger partial charge in [-0.3, -0.25) is 4.90 Å². The third kappa shape index (κ3) is 3.20. The van der Waals surface area contributed by atoms with Crippen LogP contribution in [0.1, 0.15) is 24.8 Å². The number of rotatable bonds is 4. The number of fused-ring (bicyclic) bond motifs is 2. The zero-order valence-electron chi connectivity index (χ0n) is 12.3. The van der Waals surface area contributed by atoms with Crippen LogP contribution in [0.25, 0.3) is 0 Å². The van der Waals surface area contributed by atoms with Gasteiger partial charge in [-0.25, -0.2) is 9.18 Å². The number of amides is 1. The number of alkyl halides is 2. The van der Waals surface area contributed by atoms with Gasteiger partial charge in [0.25, 0.3) is 0 Å². The van der Waals surface area contributed by atoms with Crippen molar-refractivity contribution in [2.75, 3.05) is 6.00 Å². The minimum absolute atomic E-state index is 0.185. The lowest BCUT2D eigenvalue weighted by atomic mass is 9.96. The quantitative estimate of drug-likeness (QED) is 0.683. The normalized spacial score (nSPS) is 31.0. The van der Waals surface area contributed by atoms with E-state index in [2.05, 4.69) is 5.32 Å². The van der Waals surface area contributed by atoms with E-state index >= 15 is 0 Å². The van der Waals surface area contributed by atoms with Crippen molar-refractivity contribution in [2.24, 2.45) is 0 Å². The van der Waals surface area contributed by atoms with E-state index in [9.17, 15) is 9.18 Å². The highest BCUT2D eigenvalue weighted by atomic mass is 35.5. The van der Waals surface area contributed by atoms with Crippen LogP contribution in [0.2, 0.25) is 0 Å². The molecule has 22 heavy (non-hydrogen) atoms. The van der Waals surface area contributed by atoms with E-state index in [1.807, 2.05) is 35.2 Å². The van der Waals surface area contributed by atoms with Gasteiger partial charge < -0.3 is 10.1 Å². The van der Waals surface area contributed by atoms with Crippen molar-refractivity contribution in [3.8, 4) is 0 Å². The summed E-state index contributed by atoms with van der Waals surface area (Å²) >= 11 is 5.89. The Morgan fingerprint density at radius 2 is 2.14 bits per heavy atom. The molecular weight excluding hydrogens is 307 g/mol. The molecule has 1 aromatic carbocycles. The highest BCUT2D eigenvalue weighted by molar-refractivity contribution is 6.17. The van der Waals surface area contributed by atoms with E-state index < -0.39 is 18.3 Å². The molecule has 2 saturated heterocycles. The lowest BCUT2D eigenvalue weighted by molar-refractivity contribution is 0.0480. The van der Waals surface area contributed by atoms with Gasteiger partial charge in [0.15, 0.2) is 0 Å². The van der Waals surface area contributed by atoms with E-state index in [4.69, 9.17) is 16.3 Å². The summed E-state index contributed by atoms with van der Waals surface area (Å²) in [5.41, 5.74) is 0.909. The Kier molecular flexibility index (Phi) is 4.84. The Hall–Kier alpha value is -1.33. The van der Waals surface area contributed by atoms with Gasteiger partial charge in [-0.1, -0.05) is 30.3 Å². The SMILES string of the molecule is O=C(N[C@@H]1C[C@H]2CC[C@@H]([C@@H]1F)N2CCl)OCc1ccccc1. The predicted octanol–water partition coefficient (Wildman–Crippen LogP) is 3.05. The molecule has 3 rings (SSSR count). The third-order valence-corrected chi connectivity index (χ3v) is 4.90. The molecule has 120 valence electrons. The number of nitrogens with zero attached hydrogens (tertiary/aromatic N) is 1. The van der Waals surface area contributed by atoms with Crippen LogP contribution < -0.4 is 5.32 Å². The number of piperidine rings is 1. The smallest absolute Gasteiger partial charge is 0.407 e. The standard InChI is InChI=1S/C16H20ClFN2O2/c17-10-20-12-6-7-14(20)15(18)13(8-12)19-16(21)22-9-11-4-2-1-3-5-11/h1-5,12-15H,6-10H2,(H,19,21)/t12-,13-,14+,15-/m1/s1. The summed E-state index contributed by atoms with van der Waals surface area (Å²) in [6, 6.07) is 9.36. The average Bonchev–Trinajstić information content (AvgIpc) is 2.88. The molecule has 1 aromatic rings. The molecule has 0 unspecified atom stereocenters. The number of benzene rings is 1. The fourth-order valence-corrected chi connectivity index (χ4v) is 3.87. The van der Waals surface area contributed by atoms with Gasteiger partial charge in [0, 0.05) is 12.1 Å². The van der Waals surface area contributed by atoms with Crippen LogP contribution in [-0.4, -0.2) is 41.3 Å². The molecule has 0 spiro atoms. The van der Waals surface area contributed by atoms with E-state index in [1.165, 1.54) is 0 Å². The molecule has 1 amide bonds. The van der Waals surface area contributed by atoms with E-state index in [-0.39, 0.29) is 18.7 Å². The monoisotopic (exact) mass is 326 g/mol. The molecule has 6 heteroatoms. The first-order chi connectivity index (χ1) is 10.7. The molecule has 0 aliphatic carbocycles. The fraction of sp³-hybridized carbons (Fsp3) is 0.562. The van der Waals surface area contributed by atoms with Crippen LogP contribution in [0.3, 0.4) is 0 Å². The predicted molar refractivity (Wildman–Crippen MR) is 82.4 cm³/mol. The largest absolute Gasteiger partial charge is 0.445 e. The number of alkyl carbamates (subject to hydrolysis) is 1. The van der Waals surface area contributed by atoms with Crippen molar-refractivity contribution in [3.63, 3.8) is 0 Å². The van der Waals surface area contributed by atoms with Crippen molar-refractivity contribution in [1.29, 1.82) is 0 Å². The molecule has 0 radical (unpaired) electrons. The maximum atomic E-state index is 14.5. The highest BCUT2D eigenvalue weighted by Crippen LogP contribution is 2.37. The van der Waals surface area contributed by atoms with Gasteiger partial charge in [-0.15, -0.1) is 11.6 Å². The maximum Gasteiger partial charge on any atom is 0.407 e. The van der Waals surface area contributed by atoms with Gasteiger partial charge in [-0.05, 0) is 24.8 Å². The van der Waals surface area contributed by atoms with Gasteiger partial charge >= 0.3 is 6.09 Å². The minimum Gasteiger partial charge on any atom is -0.445 e. The number of carbonyl (C=O) groups excluding carboxylic acids is 1. The van der Waals surface area contributed by atoms with Gasteiger partial charge in [0.05, 0.1) is 12.0 Å². The number of nitrogens with one attached hydrogen (secondary N) is 1. The summed E-state index contributed by atoms with van der Waals surface area (Å²) in [5, 5.41) is 2.68. The Labute approximate surface area is 134 Å². The molecule has 1 N–H and O–H groups in total. The van der Waals surface area contributed by atoms with Crippen LogP contribution in [0.4, 0.5) is 9.18 Å². The second-order valence-corrected chi connectivity index (χ2v) is 6.16. The Bertz CT molecular complexity index is 516. The van der Waals surface area contributed by atoms with Crippen LogP contribution in [-0.2, 0) is 11.3 Å². The summed E-state index contributed by atoms with van der Waals surface area (Å²) in [7, 11) is 0. The molecule has 0 saturated carbocycles. The first kappa shape index (κ1) is 15.6. The Morgan fingerprint density at radius 3 is 2.86 bits per heavy atom. The van der Waals surface area contributed by atoms with Crippen LogP contribution in [0, 0.1) is 0 Å². The van der Waals surface area contributed by atoms with Crippen LogP contribution in [0.5, 0.6) is 0 Å². The lowest BCUT2D eigenvalue weighted by Crippen LogP contribution is -2.57. The Balaban J connectivity index is 1.52. The number of halogens is 2. The molecule has 0 aromatic heterocycles. The number of ether oxygens (including phenoxy) is 1. The Morgan fingerprint density at radius 1 is 1.36 bits per heavy atom. The number of carbonyl (C=O) groups is 1. The third-order valence-electron chi connectivity index (χ3n) is 4.62. The highest BCUT2D eigenvalue weighted by Gasteiger charge is 2.47.